The van der Waals surface area contributed by atoms with Crippen LogP contribution in [0.4, 0.5) is 22.1 Å². The van der Waals surface area contributed by atoms with E-state index in [1.165, 1.54) is 5.56 Å². The van der Waals surface area contributed by atoms with Crippen molar-refractivity contribution in [3.63, 3.8) is 0 Å². The number of carbonyl (C=O) groups excluding carboxylic acids is 1. The van der Waals surface area contributed by atoms with Crippen LogP contribution in [0.1, 0.15) is 37.3 Å². The fourth-order valence-corrected chi connectivity index (χ4v) is 6.61. The fraction of sp³-hybridized carbons (Fsp3) is 0.556. The molecule has 2 aromatic heterocycles. The summed E-state index contributed by atoms with van der Waals surface area (Å²) in [5, 5.41) is 7.80. The third kappa shape index (κ3) is 3.79. The quantitative estimate of drug-likeness (QED) is 0.536. The number of hydrogen-bond acceptors (Lipinski definition) is 9. The lowest BCUT2D eigenvalue weighted by atomic mass is 9.73. The van der Waals surface area contributed by atoms with Gasteiger partial charge in [0.25, 0.3) is 0 Å². The zero-order valence-corrected chi connectivity index (χ0v) is 21.7. The molecule has 1 aromatic carbocycles. The number of nitrogens with one attached hydrogen (secondary N) is 1. The van der Waals surface area contributed by atoms with Crippen LogP contribution in [-0.2, 0) is 22.4 Å². The van der Waals surface area contributed by atoms with E-state index >= 15 is 0 Å². The van der Waals surface area contributed by atoms with Crippen LogP contribution >= 0.6 is 0 Å². The Labute approximate surface area is 221 Å². The van der Waals surface area contributed by atoms with Crippen LogP contribution in [0.2, 0.25) is 0 Å². The van der Waals surface area contributed by atoms with Gasteiger partial charge in [-0.25, -0.2) is 14.8 Å². The lowest BCUT2D eigenvalue weighted by Gasteiger charge is -2.41. The summed E-state index contributed by atoms with van der Waals surface area (Å²) in [5.41, 5.74) is 11.6. The van der Waals surface area contributed by atoms with Crippen molar-refractivity contribution in [2.24, 2.45) is 11.1 Å². The standard InChI is InChI=1S/C27H34N8O3/c1-17-23(28)27(16-38-17)7-10-33(11-8-27)21-14-29-22-24(30-21)31-32-25(22)35-9-3-5-19-18(4-2-6-20(19)35)15-34-12-13-37-26(34)36/h2,4,6,14,17,23H,3,5,7-13,15-16,28H2,1H3,(H,30,31,32)/t17-,23+/m0/s1. The van der Waals surface area contributed by atoms with E-state index in [4.69, 9.17) is 25.2 Å². The number of aromatic nitrogens is 4. The molecule has 11 heteroatoms. The first-order chi connectivity index (χ1) is 18.5. The monoisotopic (exact) mass is 518 g/mol. The minimum atomic E-state index is -0.238. The van der Waals surface area contributed by atoms with Crippen LogP contribution in [0.15, 0.2) is 24.4 Å². The van der Waals surface area contributed by atoms with E-state index in [9.17, 15) is 4.79 Å². The molecule has 3 N–H and O–H groups in total. The molecule has 1 spiro atoms. The Morgan fingerprint density at radius 2 is 2.08 bits per heavy atom. The smallest absolute Gasteiger partial charge is 0.410 e. The first-order valence-corrected chi connectivity index (χ1v) is 13.7. The second-order valence-electron chi connectivity index (χ2n) is 11.1. The van der Waals surface area contributed by atoms with Gasteiger partial charge in [-0.3, -0.25) is 5.10 Å². The van der Waals surface area contributed by atoms with E-state index in [0.717, 1.165) is 80.3 Å². The van der Waals surface area contributed by atoms with E-state index < -0.39 is 0 Å². The normalized spacial score (nSPS) is 24.9. The van der Waals surface area contributed by atoms with Crippen LogP contribution in [0.25, 0.3) is 11.2 Å². The molecule has 4 aliphatic heterocycles. The molecule has 7 rings (SSSR count). The second kappa shape index (κ2) is 9.09. The number of hydrogen-bond donors (Lipinski definition) is 2. The van der Waals surface area contributed by atoms with Crippen molar-refractivity contribution >= 4 is 34.6 Å². The molecule has 0 unspecified atom stereocenters. The van der Waals surface area contributed by atoms with Gasteiger partial charge in [0.1, 0.15) is 12.4 Å². The van der Waals surface area contributed by atoms with Gasteiger partial charge in [-0.1, -0.05) is 12.1 Å². The summed E-state index contributed by atoms with van der Waals surface area (Å²) >= 11 is 0. The van der Waals surface area contributed by atoms with Crippen LogP contribution in [-0.4, -0.2) is 82.7 Å². The van der Waals surface area contributed by atoms with Crippen LogP contribution in [0.3, 0.4) is 0 Å². The number of rotatable bonds is 4. The zero-order chi connectivity index (χ0) is 25.9. The molecule has 6 heterocycles. The number of nitrogens with zero attached hydrogens (tertiary/aromatic N) is 6. The lowest BCUT2D eigenvalue weighted by molar-refractivity contribution is 0.0974. The second-order valence-corrected chi connectivity index (χ2v) is 11.1. The SMILES string of the molecule is C[C@@H]1OCC2(CCN(c3cnc4c(N5CCCc6c(CN7CCOC7=O)cccc65)n[nH]c4n3)CC2)[C@@H]1N. The van der Waals surface area contributed by atoms with E-state index in [1.807, 2.05) is 6.20 Å². The predicted octanol–water partition coefficient (Wildman–Crippen LogP) is 2.72. The Morgan fingerprint density at radius 3 is 2.84 bits per heavy atom. The van der Waals surface area contributed by atoms with Gasteiger partial charge in [-0.15, -0.1) is 0 Å². The number of amides is 1. The van der Waals surface area contributed by atoms with Gasteiger partial charge in [-0.2, -0.15) is 5.10 Å². The average Bonchev–Trinajstić information content (AvgIpc) is 3.63. The van der Waals surface area contributed by atoms with E-state index in [1.54, 1.807) is 4.90 Å². The number of H-pyrrole nitrogens is 1. The summed E-state index contributed by atoms with van der Waals surface area (Å²) in [7, 11) is 0. The molecule has 200 valence electrons. The number of nitrogens with two attached hydrogens (primary N) is 1. The minimum absolute atomic E-state index is 0.0736. The molecule has 0 radical (unpaired) electrons. The average molecular weight is 519 g/mol. The van der Waals surface area contributed by atoms with Gasteiger partial charge in [0.2, 0.25) is 0 Å². The largest absolute Gasteiger partial charge is 0.448 e. The molecular weight excluding hydrogens is 484 g/mol. The molecule has 3 saturated heterocycles. The number of aromatic amines is 1. The molecule has 4 aliphatic rings. The van der Waals surface area contributed by atoms with Gasteiger partial charge in [0.05, 0.1) is 25.5 Å². The number of carbonyl (C=O) groups is 1. The van der Waals surface area contributed by atoms with Crippen molar-refractivity contribution in [2.45, 2.75) is 51.3 Å². The summed E-state index contributed by atoms with van der Waals surface area (Å²) in [4.78, 5) is 28.1. The van der Waals surface area contributed by atoms with Crippen LogP contribution in [0.5, 0.6) is 0 Å². The Bertz CT molecular complexity index is 1370. The maximum Gasteiger partial charge on any atom is 0.410 e. The number of fused-ring (bicyclic) bond motifs is 2. The first kappa shape index (κ1) is 23.7. The summed E-state index contributed by atoms with van der Waals surface area (Å²) in [6, 6.07) is 6.38. The summed E-state index contributed by atoms with van der Waals surface area (Å²) < 4.78 is 11.0. The molecule has 3 aromatic rings. The van der Waals surface area contributed by atoms with Crippen molar-refractivity contribution < 1.29 is 14.3 Å². The highest BCUT2D eigenvalue weighted by molar-refractivity contribution is 5.88. The van der Waals surface area contributed by atoms with Crippen molar-refractivity contribution in [3.8, 4) is 0 Å². The highest BCUT2D eigenvalue weighted by atomic mass is 16.6. The van der Waals surface area contributed by atoms with Gasteiger partial charge < -0.3 is 29.9 Å². The molecule has 2 atom stereocenters. The molecule has 1 amide bonds. The van der Waals surface area contributed by atoms with E-state index in [2.05, 4.69) is 45.1 Å². The van der Waals surface area contributed by atoms with Crippen LogP contribution < -0.4 is 15.5 Å². The maximum absolute atomic E-state index is 12.0. The van der Waals surface area contributed by atoms with Crippen molar-refractivity contribution in [3.05, 3.63) is 35.5 Å². The van der Waals surface area contributed by atoms with E-state index in [-0.39, 0.29) is 23.7 Å². The summed E-state index contributed by atoms with van der Waals surface area (Å²) in [5.74, 6) is 1.65. The summed E-state index contributed by atoms with van der Waals surface area (Å²) in [6.07, 6.45) is 5.70. The van der Waals surface area contributed by atoms with Crippen LogP contribution in [0, 0.1) is 5.41 Å². The predicted molar refractivity (Wildman–Crippen MR) is 142 cm³/mol. The van der Waals surface area contributed by atoms with Gasteiger partial charge in [0.15, 0.2) is 17.0 Å². The van der Waals surface area contributed by atoms with Crippen molar-refractivity contribution in [2.75, 3.05) is 49.2 Å². The Hall–Kier alpha value is -3.44. The molecule has 38 heavy (non-hydrogen) atoms. The minimum Gasteiger partial charge on any atom is -0.448 e. The number of ether oxygens (including phenoxy) is 2. The van der Waals surface area contributed by atoms with Gasteiger partial charge >= 0.3 is 6.09 Å². The molecule has 0 saturated carbocycles. The Morgan fingerprint density at radius 1 is 1.21 bits per heavy atom. The molecule has 0 aliphatic carbocycles. The lowest BCUT2D eigenvalue weighted by Crippen LogP contribution is -2.50. The highest BCUT2D eigenvalue weighted by Gasteiger charge is 2.47. The van der Waals surface area contributed by atoms with Gasteiger partial charge in [0, 0.05) is 43.3 Å². The fourth-order valence-electron chi connectivity index (χ4n) is 6.61. The Kier molecular flexibility index (Phi) is 5.66. The highest BCUT2D eigenvalue weighted by Crippen LogP contribution is 2.42. The molecular formula is C27H34N8O3. The van der Waals surface area contributed by atoms with Crippen molar-refractivity contribution in [1.29, 1.82) is 0 Å². The van der Waals surface area contributed by atoms with E-state index in [0.29, 0.717) is 25.3 Å². The molecule has 0 bridgehead atoms. The molecule has 3 fully saturated rings. The number of piperidine rings is 1. The maximum atomic E-state index is 12.0. The number of anilines is 3. The molecule has 11 nitrogen and oxygen atoms in total. The van der Waals surface area contributed by atoms with Gasteiger partial charge in [-0.05, 0) is 49.8 Å². The third-order valence-electron chi connectivity index (χ3n) is 8.98. The number of cyclic esters (lactones) is 1. The first-order valence-electron chi connectivity index (χ1n) is 13.7. The Balaban J connectivity index is 1.13. The third-order valence-corrected chi connectivity index (χ3v) is 8.98. The number of benzene rings is 1. The van der Waals surface area contributed by atoms with Crippen molar-refractivity contribution in [1.82, 2.24) is 25.1 Å². The summed E-state index contributed by atoms with van der Waals surface area (Å²) in [6.45, 7) is 7.10. The topological polar surface area (TPSA) is 126 Å². The zero-order valence-electron chi connectivity index (χ0n) is 21.7.